The molecule has 20 heavy (non-hydrogen) atoms. The monoisotopic (exact) mass is 296 g/mol. The van der Waals surface area contributed by atoms with E-state index in [-0.39, 0.29) is 18.4 Å². The van der Waals surface area contributed by atoms with Crippen LogP contribution in [0.3, 0.4) is 0 Å². The Hall–Kier alpha value is -1.08. The van der Waals surface area contributed by atoms with E-state index in [1.807, 2.05) is 0 Å². The van der Waals surface area contributed by atoms with Gasteiger partial charge in [-0.2, -0.15) is 13.2 Å². The molecular weight excluding hydrogens is 277 g/mol. The van der Waals surface area contributed by atoms with Crippen LogP contribution in [0.2, 0.25) is 0 Å². The van der Waals surface area contributed by atoms with E-state index >= 15 is 0 Å². The molecule has 1 atom stereocenters. The lowest BCUT2D eigenvalue weighted by Gasteiger charge is -2.37. The molecular formula is C13H19F3O4. The maximum absolute atomic E-state index is 12.9. The molecule has 1 saturated carbocycles. The fourth-order valence-electron chi connectivity index (χ4n) is 2.34. The molecule has 116 valence electrons. The highest BCUT2D eigenvalue weighted by Gasteiger charge is 2.59. The van der Waals surface area contributed by atoms with E-state index in [4.69, 9.17) is 4.74 Å². The van der Waals surface area contributed by atoms with Crippen LogP contribution in [-0.4, -0.2) is 35.8 Å². The van der Waals surface area contributed by atoms with Crippen LogP contribution in [0.4, 0.5) is 13.2 Å². The minimum absolute atomic E-state index is 0.101. The number of alkyl halides is 3. The van der Waals surface area contributed by atoms with Crippen LogP contribution in [0.15, 0.2) is 12.2 Å². The fourth-order valence-corrected chi connectivity index (χ4v) is 2.34. The zero-order chi connectivity index (χ0) is 15.6. The number of hydrogen-bond acceptors (Lipinski definition) is 4. The highest BCUT2D eigenvalue weighted by Crippen LogP contribution is 2.45. The normalized spacial score (nSPS) is 21.3. The Morgan fingerprint density at radius 1 is 1.35 bits per heavy atom. The molecule has 1 N–H and O–H groups in total. The molecule has 0 aliphatic heterocycles. The number of esters is 1. The highest BCUT2D eigenvalue weighted by molar-refractivity contribution is 5.87. The number of hydrogen-bond donors (Lipinski definition) is 1. The van der Waals surface area contributed by atoms with Crippen LogP contribution in [0.1, 0.15) is 39.0 Å². The van der Waals surface area contributed by atoms with Crippen molar-refractivity contribution < 1.29 is 32.5 Å². The molecule has 0 spiro atoms. The molecule has 7 heteroatoms. The lowest BCUT2D eigenvalue weighted by Crippen LogP contribution is -2.53. The van der Waals surface area contributed by atoms with Crippen molar-refractivity contribution in [3.8, 4) is 0 Å². The number of methoxy groups -OCH3 is 1. The summed E-state index contributed by atoms with van der Waals surface area (Å²) >= 11 is 0. The Balaban J connectivity index is 2.97. The minimum Gasteiger partial charge on any atom is -0.456 e. The van der Waals surface area contributed by atoms with Crippen molar-refractivity contribution in [1.29, 1.82) is 0 Å². The summed E-state index contributed by atoms with van der Waals surface area (Å²) in [4.78, 5) is 11.6. The summed E-state index contributed by atoms with van der Waals surface area (Å²) in [5.41, 5.74) is -1.26. The average Bonchev–Trinajstić information content (AvgIpc) is 2.75. The number of aliphatic hydroxyl groups is 1. The molecule has 0 heterocycles. The van der Waals surface area contributed by atoms with Crippen molar-refractivity contribution in [2.24, 2.45) is 0 Å². The number of halogens is 3. The van der Waals surface area contributed by atoms with Crippen molar-refractivity contribution in [2.75, 3.05) is 7.11 Å². The van der Waals surface area contributed by atoms with Crippen LogP contribution in [0.25, 0.3) is 0 Å². The van der Waals surface area contributed by atoms with Crippen LogP contribution in [0, 0.1) is 0 Å². The van der Waals surface area contributed by atoms with Gasteiger partial charge in [-0.3, -0.25) is 0 Å². The number of carbonyl (C=O) groups excluding carboxylic acids is 1. The van der Waals surface area contributed by atoms with E-state index in [1.165, 1.54) is 6.92 Å². The van der Waals surface area contributed by atoms with E-state index in [0.29, 0.717) is 12.8 Å². The van der Waals surface area contributed by atoms with E-state index in [2.05, 4.69) is 11.3 Å². The molecule has 1 aliphatic rings. The second-order valence-electron chi connectivity index (χ2n) is 5.22. The van der Waals surface area contributed by atoms with E-state index in [0.717, 1.165) is 7.11 Å². The van der Waals surface area contributed by atoms with Crippen molar-refractivity contribution in [2.45, 2.75) is 56.6 Å². The van der Waals surface area contributed by atoms with Crippen LogP contribution in [-0.2, 0) is 14.3 Å². The summed E-state index contributed by atoms with van der Waals surface area (Å²) in [6.07, 6.45) is -4.03. The molecule has 1 rings (SSSR count). The van der Waals surface area contributed by atoms with Crippen molar-refractivity contribution in [1.82, 2.24) is 0 Å². The van der Waals surface area contributed by atoms with Crippen molar-refractivity contribution in [3.05, 3.63) is 12.2 Å². The van der Waals surface area contributed by atoms with Gasteiger partial charge < -0.3 is 14.6 Å². The Morgan fingerprint density at radius 2 is 1.85 bits per heavy atom. The first-order chi connectivity index (χ1) is 9.05. The summed E-state index contributed by atoms with van der Waals surface area (Å²) in [6, 6.07) is 0. The third kappa shape index (κ3) is 3.52. The predicted molar refractivity (Wildman–Crippen MR) is 64.7 cm³/mol. The lowest BCUT2D eigenvalue weighted by atomic mass is 9.91. The Morgan fingerprint density at radius 3 is 2.20 bits per heavy atom. The summed E-state index contributed by atoms with van der Waals surface area (Å²) in [6.45, 7) is 4.82. The second-order valence-corrected chi connectivity index (χ2v) is 5.22. The molecule has 0 amide bonds. The molecule has 1 aliphatic carbocycles. The lowest BCUT2D eigenvalue weighted by molar-refractivity contribution is -0.370. The maximum Gasteiger partial charge on any atom is 0.443 e. The summed E-state index contributed by atoms with van der Waals surface area (Å²) in [7, 11) is 0.775. The van der Waals surface area contributed by atoms with Gasteiger partial charge in [-0.1, -0.05) is 6.58 Å². The molecule has 0 aromatic carbocycles. The molecule has 1 unspecified atom stereocenters. The average molecular weight is 296 g/mol. The summed E-state index contributed by atoms with van der Waals surface area (Å²) in [5.74, 6) is -4.08. The molecule has 0 bridgehead atoms. The largest absolute Gasteiger partial charge is 0.456 e. The van der Waals surface area contributed by atoms with Gasteiger partial charge in [-0.15, -0.1) is 0 Å². The van der Waals surface area contributed by atoms with Gasteiger partial charge >= 0.3 is 12.1 Å². The van der Waals surface area contributed by atoms with Gasteiger partial charge in [0.2, 0.25) is 0 Å². The number of carbonyl (C=O) groups is 1. The van der Waals surface area contributed by atoms with Gasteiger partial charge in [-0.05, 0) is 32.6 Å². The van der Waals surface area contributed by atoms with E-state index < -0.39 is 30.0 Å². The summed E-state index contributed by atoms with van der Waals surface area (Å²) < 4.78 is 48.1. The molecule has 1 fully saturated rings. The number of ether oxygens (including phenoxy) is 2. The standard InChI is InChI=1S/C13H19F3O4/c1-9(2)10(17)20-11(6-4-5-7-11)8-12(18,19-3)13(14,15)16/h18H,1,4-8H2,2-3H3. The second kappa shape index (κ2) is 5.73. The van der Waals surface area contributed by atoms with E-state index in [1.54, 1.807) is 0 Å². The Labute approximate surface area is 115 Å². The molecule has 0 radical (unpaired) electrons. The fraction of sp³-hybridized carbons (Fsp3) is 0.769. The van der Waals surface area contributed by atoms with Gasteiger partial charge in [0.05, 0.1) is 6.42 Å². The van der Waals surface area contributed by atoms with E-state index in [9.17, 15) is 23.1 Å². The van der Waals surface area contributed by atoms with Gasteiger partial charge in [0, 0.05) is 12.7 Å². The minimum atomic E-state index is -4.97. The van der Waals surface area contributed by atoms with Gasteiger partial charge in [0.1, 0.15) is 5.60 Å². The SMILES string of the molecule is C=C(C)C(=O)OC1(CC(O)(OC)C(F)(F)F)CCCC1. The summed E-state index contributed by atoms with van der Waals surface area (Å²) in [5, 5.41) is 9.67. The first kappa shape index (κ1) is 17.0. The van der Waals surface area contributed by atoms with Gasteiger partial charge in [0.25, 0.3) is 5.79 Å². The smallest absolute Gasteiger partial charge is 0.443 e. The Bertz CT molecular complexity index is 386. The predicted octanol–water partition coefficient (Wildman–Crippen LogP) is 2.71. The molecule has 0 aromatic heterocycles. The zero-order valence-corrected chi connectivity index (χ0v) is 11.5. The maximum atomic E-state index is 12.9. The molecule has 4 nitrogen and oxygen atoms in total. The quantitative estimate of drug-likeness (QED) is 0.481. The van der Waals surface area contributed by atoms with Gasteiger partial charge in [0.15, 0.2) is 0 Å². The Kier molecular flexibility index (Phi) is 4.86. The van der Waals surface area contributed by atoms with Gasteiger partial charge in [-0.25, -0.2) is 4.79 Å². The first-order valence-electron chi connectivity index (χ1n) is 6.28. The third-order valence-corrected chi connectivity index (χ3v) is 3.51. The zero-order valence-electron chi connectivity index (χ0n) is 11.5. The van der Waals surface area contributed by atoms with Crippen LogP contribution in [0.5, 0.6) is 0 Å². The first-order valence-corrected chi connectivity index (χ1v) is 6.28. The molecule has 0 aromatic rings. The topological polar surface area (TPSA) is 55.8 Å². The number of rotatable bonds is 5. The third-order valence-electron chi connectivity index (χ3n) is 3.51. The van der Waals surface area contributed by atoms with Crippen molar-refractivity contribution >= 4 is 5.97 Å². The van der Waals surface area contributed by atoms with Crippen LogP contribution < -0.4 is 0 Å². The molecule has 0 saturated heterocycles. The highest BCUT2D eigenvalue weighted by atomic mass is 19.4. The van der Waals surface area contributed by atoms with Crippen molar-refractivity contribution in [3.63, 3.8) is 0 Å². The van der Waals surface area contributed by atoms with Crippen LogP contribution >= 0.6 is 0 Å².